The van der Waals surface area contributed by atoms with Gasteiger partial charge in [0.05, 0.1) is 18.7 Å². The Morgan fingerprint density at radius 3 is 2.82 bits per heavy atom. The first kappa shape index (κ1) is 16.8. The molecule has 1 aliphatic heterocycles. The smallest absolute Gasteiger partial charge is 0.306 e. The van der Waals surface area contributed by atoms with Gasteiger partial charge in [0.15, 0.2) is 0 Å². The molecule has 0 bridgehead atoms. The molecule has 2 N–H and O–H groups in total. The number of carbonyl (C=O) groups is 1. The highest BCUT2D eigenvalue weighted by molar-refractivity contribution is 5.69. The van der Waals surface area contributed by atoms with Gasteiger partial charge in [0.1, 0.15) is 5.60 Å². The van der Waals surface area contributed by atoms with Crippen LogP contribution in [0.4, 0.5) is 0 Å². The lowest BCUT2D eigenvalue weighted by Crippen LogP contribution is -2.37. The van der Waals surface area contributed by atoms with E-state index in [1.54, 1.807) is 0 Å². The fraction of sp³-hybridized carbons (Fsp3) is 0.611. The molecule has 122 valence electrons. The second-order valence-electron chi connectivity index (χ2n) is 6.16. The number of allylic oxidation sites excluding steroid dienone is 1. The highest BCUT2D eigenvalue weighted by Crippen LogP contribution is 2.42. The van der Waals surface area contributed by atoms with Crippen LogP contribution in [0.5, 0.6) is 0 Å². The van der Waals surface area contributed by atoms with Crippen molar-refractivity contribution in [2.75, 3.05) is 6.61 Å². The molecule has 4 nitrogen and oxygen atoms in total. The quantitative estimate of drug-likeness (QED) is 0.747. The van der Waals surface area contributed by atoms with Crippen molar-refractivity contribution in [3.63, 3.8) is 0 Å². The van der Waals surface area contributed by atoms with Gasteiger partial charge in [0, 0.05) is 11.6 Å². The zero-order valence-corrected chi connectivity index (χ0v) is 13.9. The van der Waals surface area contributed by atoms with Crippen LogP contribution in [-0.2, 0) is 21.6 Å². The Bertz CT molecular complexity index is 561. The second-order valence-corrected chi connectivity index (χ2v) is 6.16. The number of aliphatic carboxylic acids is 1. The van der Waals surface area contributed by atoms with Gasteiger partial charge in [-0.1, -0.05) is 19.9 Å². The summed E-state index contributed by atoms with van der Waals surface area (Å²) in [4.78, 5) is 14.9. The van der Waals surface area contributed by atoms with E-state index >= 15 is 0 Å². The van der Waals surface area contributed by atoms with E-state index in [4.69, 9.17) is 4.74 Å². The molecule has 0 saturated carbocycles. The summed E-state index contributed by atoms with van der Waals surface area (Å²) in [6, 6.07) is 0. The van der Waals surface area contributed by atoms with Crippen LogP contribution in [0.25, 0.3) is 0 Å². The number of aromatic nitrogens is 1. The fourth-order valence-electron chi connectivity index (χ4n) is 3.66. The van der Waals surface area contributed by atoms with Crippen molar-refractivity contribution in [3.8, 4) is 0 Å². The topological polar surface area (TPSA) is 62.3 Å². The number of fused-ring (bicyclic) bond motifs is 1. The molecule has 0 saturated heterocycles. The highest BCUT2D eigenvalue weighted by atomic mass is 16.5. The van der Waals surface area contributed by atoms with Crippen LogP contribution in [-0.4, -0.2) is 22.7 Å². The van der Waals surface area contributed by atoms with Crippen LogP contribution in [0.3, 0.4) is 0 Å². The summed E-state index contributed by atoms with van der Waals surface area (Å²) in [6.07, 6.45) is 5.43. The molecule has 1 aromatic rings. The first-order chi connectivity index (χ1) is 10.5. The Morgan fingerprint density at radius 2 is 2.27 bits per heavy atom. The molecule has 2 unspecified atom stereocenters. The van der Waals surface area contributed by atoms with Crippen molar-refractivity contribution in [1.82, 2.24) is 4.98 Å². The molecule has 0 radical (unpaired) electrons. The monoisotopic (exact) mass is 305 g/mol. The molecule has 0 fully saturated rings. The normalized spacial score (nSPS) is 22.1. The van der Waals surface area contributed by atoms with E-state index in [2.05, 4.69) is 25.4 Å². The minimum Gasteiger partial charge on any atom is -0.481 e. The van der Waals surface area contributed by atoms with Crippen LogP contribution in [0.15, 0.2) is 12.7 Å². The third-order valence-corrected chi connectivity index (χ3v) is 4.96. The van der Waals surface area contributed by atoms with E-state index < -0.39 is 11.6 Å². The Balaban J connectivity index is 2.51. The van der Waals surface area contributed by atoms with Gasteiger partial charge in [-0.15, -0.1) is 6.58 Å². The van der Waals surface area contributed by atoms with Crippen molar-refractivity contribution < 1.29 is 14.6 Å². The Labute approximate surface area is 132 Å². The number of hydrogen-bond donors (Lipinski definition) is 2. The number of nitrogens with one attached hydrogen (secondary N) is 1. The standard InChI is InChI=1S/C18H27NO3/c1-5-8-13(6-2)16-12(4)14-9-10-22-18(7-3,11-15(20)21)17(14)19-16/h5,13,19H,1,6-11H2,2-4H3,(H,20,21). The largest absolute Gasteiger partial charge is 0.481 e. The van der Waals surface area contributed by atoms with Crippen molar-refractivity contribution in [2.45, 2.75) is 64.4 Å². The van der Waals surface area contributed by atoms with Crippen LogP contribution in [0.1, 0.15) is 68.0 Å². The molecular weight excluding hydrogens is 278 g/mol. The van der Waals surface area contributed by atoms with Gasteiger partial charge in [-0.05, 0) is 43.7 Å². The lowest BCUT2D eigenvalue weighted by atomic mass is 9.85. The van der Waals surface area contributed by atoms with Crippen LogP contribution < -0.4 is 0 Å². The van der Waals surface area contributed by atoms with E-state index in [1.165, 1.54) is 16.8 Å². The number of carboxylic acid groups (broad SMARTS) is 1. The molecule has 1 aliphatic rings. The lowest BCUT2D eigenvalue weighted by molar-refractivity contribution is -0.148. The highest BCUT2D eigenvalue weighted by Gasteiger charge is 2.41. The van der Waals surface area contributed by atoms with Gasteiger partial charge in [-0.3, -0.25) is 4.79 Å². The maximum atomic E-state index is 11.3. The molecule has 22 heavy (non-hydrogen) atoms. The average Bonchev–Trinajstić information content (AvgIpc) is 2.83. The lowest BCUT2D eigenvalue weighted by Gasteiger charge is -2.35. The Kier molecular flexibility index (Phi) is 5.12. The number of rotatable bonds is 7. The number of H-pyrrole nitrogens is 1. The van der Waals surface area contributed by atoms with Gasteiger partial charge in [-0.2, -0.15) is 0 Å². The molecule has 0 amide bonds. The zero-order chi connectivity index (χ0) is 16.3. The van der Waals surface area contributed by atoms with Gasteiger partial charge in [-0.25, -0.2) is 0 Å². The van der Waals surface area contributed by atoms with E-state index in [9.17, 15) is 9.90 Å². The Morgan fingerprint density at radius 1 is 1.55 bits per heavy atom. The summed E-state index contributed by atoms with van der Waals surface area (Å²) >= 11 is 0. The minimum atomic E-state index is -0.818. The summed E-state index contributed by atoms with van der Waals surface area (Å²) < 4.78 is 5.96. The molecule has 0 aliphatic carbocycles. The molecule has 2 heterocycles. The SMILES string of the molecule is C=CCC(CC)c1[nH]c2c(c1C)CCOC2(CC)CC(=O)O. The predicted octanol–water partition coefficient (Wildman–Crippen LogP) is 4.05. The van der Waals surface area contributed by atoms with Gasteiger partial charge >= 0.3 is 5.97 Å². The van der Waals surface area contributed by atoms with E-state index in [0.717, 1.165) is 25.0 Å². The van der Waals surface area contributed by atoms with E-state index in [0.29, 0.717) is 18.9 Å². The molecule has 0 spiro atoms. The molecular formula is C18H27NO3. The van der Waals surface area contributed by atoms with Crippen LogP contribution in [0, 0.1) is 6.92 Å². The van der Waals surface area contributed by atoms with E-state index in [-0.39, 0.29) is 6.42 Å². The second kappa shape index (κ2) is 6.69. The summed E-state index contributed by atoms with van der Waals surface area (Å²) in [5, 5.41) is 9.30. The van der Waals surface area contributed by atoms with Crippen molar-refractivity contribution >= 4 is 5.97 Å². The minimum absolute atomic E-state index is 0.00808. The van der Waals surface area contributed by atoms with Gasteiger partial charge in [0.25, 0.3) is 0 Å². The Hall–Kier alpha value is -1.55. The number of aromatic amines is 1. The molecule has 4 heteroatoms. The molecule has 2 atom stereocenters. The van der Waals surface area contributed by atoms with Gasteiger partial charge in [0.2, 0.25) is 0 Å². The molecule has 1 aromatic heterocycles. The average molecular weight is 305 g/mol. The summed E-state index contributed by atoms with van der Waals surface area (Å²) in [6.45, 7) is 10.8. The number of hydrogen-bond acceptors (Lipinski definition) is 2. The zero-order valence-electron chi connectivity index (χ0n) is 13.9. The van der Waals surface area contributed by atoms with Crippen molar-refractivity contribution in [3.05, 3.63) is 35.2 Å². The third-order valence-electron chi connectivity index (χ3n) is 4.96. The first-order valence-corrected chi connectivity index (χ1v) is 8.17. The number of carboxylic acids is 1. The summed E-state index contributed by atoms with van der Waals surface area (Å²) in [7, 11) is 0. The first-order valence-electron chi connectivity index (χ1n) is 8.17. The number of ether oxygens (including phenoxy) is 1. The predicted molar refractivity (Wildman–Crippen MR) is 87.3 cm³/mol. The van der Waals surface area contributed by atoms with Gasteiger partial charge < -0.3 is 14.8 Å². The fourth-order valence-corrected chi connectivity index (χ4v) is 3.66. The van der Waals surface area contributed by atoms with Crippen LogP contribution >= 0.6 is 0 Å². The summed E-state index contributed by atoms with van der Waals surface area (Å²) in [5.41, 5.74) is 4.02. The van der Waals surface area contributed by atoms with Crippen molar-refractivity contribution in [1.29, 1.82) is 0 Å². The maximum absolute atomic E-state index is 11.3. The maximum Gasteiger partial charge on any atom is 0.306 e. The van der Waals surface area contributed by atoms with Crippen molar-refractivity contribution in [2.24, 2.45) is 0 Å². The molecule has 2 rings (SSSR count). The van der Waals surface area contributed by atoms with E-state index in [1.807, 2.05) is 13.0 Å². The summed E-state index contributed by atoms with van der Waals surface area (Å²) in [5.74, 6) is -0.413. The third kappa shape index (κ3) is 2.84. The van der Waals surface area contributed by atoms with Crippen LogP contribution in [0.2, 0.25) is 0 Å². The molecule has 0 aromatic carbocycles.